The van der Waals surface area contributed by atoms with Gasteiger partial charge in [-0.2, -0.15) is 24.9 Å². The molecule has 1 amide bonds. The maximum absolute atomic E-state index is 14.2. The summed E-state index contributed by atoms with van der Waals surface area (Å²) in [7, 11) is 0. The molecule has 1 heterocycles. The fourth-order valence-corrected chi connectivity index (χ4v) is 4.62. The van der Waals surface area contributed by atoms with Gasteiger partial charge in [0.15, 0.2) is 0 Å². The Bertz CT molecular complexity index is 1060. The zero-order chi connectivity index (χ0) is 24.4. The van der Waals surface area contributed by atoms with Crippen LogP contribution in [-0.2, 0) is 10.4 Å². The van der Waals surface area contributed by atoms with Crippen LogP contribution in [-0.4, -0.2) is 30.1 Å². The lowest BCUT2D eigenvalue weighted by Crippen LogP contribution is -2.42. The summed E-state index contributed by atoms with van der Waals surface area (Å²) in [5, 5.41) is 3.06. The molecular formula is C23H23Cl2F3N2O2S. The van der Waals surface area contributed by atoms with E-state index in [0.717, 1.165) is 18.2 Å². The van der Waals surface area contributed by atoms with Crippen molar-refractivity contribution in [2.24, 2.45) is 0 Å². The van der Waals surface area contributed by atoms with Crippen molar-refractivity contribution < 1.29 is 22.8 Å². The topological polar surface area (TPSA) is 50.4 Å². The lowest BCUT2D eigenvalue weighted by molar-refractivity contribution is -0.269. The highest BCUT2D eigenvalue weighted by molar-refractivity contribution is 7.98. The second-order valence-electron chi connectivity index (χ2n) is 7.84. The van der Waals surface area contributed by atoms with Crippen molar-refractivity contribution in [3.63, 3.8) is 0 Å². The van der Waals surface area contributed by atoms with Gasteiger partial charge in [-0.15, -0.1) is 0 Å². The number of aryl methyl sites for hydroxylation is 1. The Morgan fingerprint density at radius 2 is 1.88 bits per heavy atom. The van der Waals surface area contributed by atoms with Crippen molar-refractivity contribution in [1.29, 1.82) is 0 Å². The smallest absolute Gasteiger partial charge is 0.350 e. The van der Waals surface area contributed by atoms with Crippen LogP contribution in [0.15, 0.2) is 42.5 Å². The summed E-state index contributed by atoms with van der Waals surface area (Å²) in [6.45, 7) is 3.66. The maximum Gasteiger partial charge on any atom is 0.428 e. The van der Waals surface area contributed by atoms with Crippen LogP contribution >= 0.6 is 35.0 Å². The fourth-order valence-electron chi connectivity index (χ4n) is 3.51. The van der Waals surface area contributed by atoms with Crippen LogP contribution in [0.3, 0.4) is 0 Å². The molecule has 4 nitrogen and oxygen atoms in total. The second-order valence-corrected chi connectivity index (χ2v) is 9.70. The largest absolute Gasteiger partial charge is 0.428 e. The molecule has 2 atom stereocenters. The van der Waals surface area contributed by atoms with Crippen LogP contribution < -0.4 is 10.8 Å². The van der Waals surface area contributed by atoms with Gasteiger partial charge in [0.25, 0.3) is 5.91 Å². The first-order valence-electron chi connectivity index (χ1n) is 10.1. The minimum absolute atomic E-state index is 0.00792. The third kappa shape index (κ3) is 5.62. The molecule has 0 saturated carbocycles. The van der Waals surface area contributed by atoms with Gasteiger partial charge in [0.2, 0.25) is 5.60 Å². The molecule has 0 aliphatic carbocycles. The summed E-state index contributed by atoms with van der Waals surface area (Å²) in [6, 6.07) is 8.49. The van der Waals surface area contributed by atoms with Gasteiger partial charge in [-0.1, -0.05) is 29.3 Å². The predicted octanol–water partition coefficient (Wildman–Crippen LogP) is 6.51. The Labute approximate surface area is 204 Å². The first-order valence-corrected chi connectivity index (χ1v) is 12.2. The third-order valence-electron chi connectivity index (χ3n) is 5.30. The number of alkyl halides is 3. The van der Waals surface area contributed by atoms with E-state index >= 15 is 0 Å². The van der Waals surface area contributed by atoms with E-state index in [4.69, 9.17) is 28.0 Å². The summed E-state index contributed by atoms with van der Waals surface area (Å²) in [5.74, 6) is 0.702. The number of hydrogen-bond donors (Lipinski definition) is 2. The Balaban J connectivity index is 1.92. The number of carbonyl (C=O) groups is 1. The lowest BCUT2D eigenvalue weighted by atomic mass is 9.91. The molecule has 1 aliphatic heterocycles. The molecule has 2 aromatic rings. The molecule has 2 N–H and O–H groups in total. The number of halogens is 5. The van der Waals surface area contributed by atoms with Crippen molar-refractivity contribution in [2.75, 3.05) is 12.0 Å². The summed E-state index contributed by atoms with van der Waals surface area (Å²) in [4.78, 5) is 17.7. The highest BCUT2D eigenvalue weighted by atomic mass is 35.5. The van der Waals surface area contributed by atoms with E-state index in [9.17, 15) is 18.0 Å². The van der Waals surface area contributed by atoms with Crippen LogP contribution in [0.1, 0.15) is 40.4 Å². The maximum atomic E-state index is 14.2. The molecule has 0 aromatic heterocycles. The molecule has 33 heavy (non-hydrogen) atoms. The van der Waals surface area contributed by atoms with E-state index in [2.05, 4.69) is 10.8 Å². The van der Waals surface area contributed by atoms with Crippen molar-refractivity contribution in [3.05, 3.63) is 74.8 Å². The molecule has 0 saturated heterocycles. The van der Waals surface area contributed by atoms with Crippen molar-refractivity contribution in [3.8, 4) is 0 Å². The molecule has 2 aromatic carbocycles. The number of thioether (sulfide) groups is 1. The quantitative estimate of drug-likeness (QED) is 0.438. The molecule has 1 aliphatic rings. The number of hydroxylamine groups is 1. The number of carbonyl (C=O) groups excluding carboxylic acids is 1. The van der Waals surface area contributed by atoms with E-state index in [1.807, 2.05) is 13.2 Å². The number of nitrogens with one attached hydrogen (secondary N) is 2. The van der Waals surface area contributed by atoms with E-state index in [1.165, 1.54) is 18.2 Å². The fraction of sp³-hybridized carbons (Fsp3) is 0.348. The van der Waals surface area contributed by atoms with Gasteiger partial charge in [-0.25, -0.2) is 0 Å². The summed E-state index contributed by atoms with van der Waals surface area (Å²) >= 11 is 13.6. The van der Waals surface area contributed by atoms with Gasteiger partial charge in [0, 0.05) is 27.2 Å². The SMILES string of the molecule is CSCCC(C)NC(=O)c1ccc(C2=CC(c3cc(Cl)cc(Cl)c3)(C(F)(F)F)ON2)cc1C. The van der Waals surface area contributed by atoms with Gasteiger partial charge in [0.05, 0.1) is 5.70 Å². The second kappa shape index (κ2) is 10.2. The molecule has 178 valence electrons. The van der Waals surface area contributed by atoms with Crippen LogP contribution in [0.2, 0.25) is 10.0 Å². The van der Waals surface area contributed by atoms with Crippen LogP contribution in [0.25, 0.3) is 5.70 Å². The van der Waals surface area contributed by atoms with Gasteiger partial charge >= 0.3 is 6.18 Å². The number of amides is 1. The minimum atomic E-state index is -4.79. The average Bonchev–Trinajstić information content (AvgIpc) is 3.18. The van der Waals surface area contributed by atoms with E-state index < -0.39 is 11.8 Å². The summed E-state index contributed by atoms with van der Waals surface area (Å²) in [5.41, 5.74) is 1.01. The van der Waals surface area contributed by atoms with Crippen LogP contribution in [0.4, 0.5) is 13.2 Å². The average molecular weight is 519 g/mol. The number of hydrogen-bond acceptors (Lipinski definition) is 4. The summed E-state index contributed by atoms with van der Waals surface area (Å²) < 4.78 is 42.5. The Hall–Kier alpha value is -1.87. The van der Waals surface area contributed by atoms with E-state index in [1.54, 1.807) is 36.9 Å². The zero-order valence-electron chi connectivity index (χ0n) is 18.1. The van der Waals surface area contributed by atoms with Crippen LogP contribution in [0.5, 0.6) is 0 Å². The Morgan fingerprint density at radius 3 is 2.45 bits per heavy atom. The van der Waals surface area contributed by atoms with Crippen molar-refractivity contribution >= 4 is 46.6 Å². The lowest BCUT2D eigenvalue weighted by Gasteiger charge is -2.28. The van der Waals surface area contributed by atoms with Gasteiger partial charge in [0.1, 0.15) is 0 Å². The van der Waals surface area contributed by atoms with E-state index in [0.29, 0.717) is 16.7 Å². The Kier molecular flexibility index (Phi) is 7.94. The molecule has 10 heteroatoms. The molecular weight excluding hydrogens is 496 g/mol. The molecule has 3 rings (SSSR count). The summed E-state index contributed by atoms with van der Waals surface area (Å²) in [6.07, 6.45) is -1.00. The van der Waals surface area contributed by atoms with Gasteiger partial charge in [-0.05, 0) is 79.8 Å². The first-order chi connectivity index (χ1) is 15.5. The normalized spacial score (nSPS) is 19.1. The van der Waals surface area contributed by atoms with Gasteiger partial charge in [-0.3, -0.25) is 15.1 Å². The van der Waals surface area contributed by atoms with Gasteiger partial charge < -0.3 is 5.32 Å². The monoisotopic (exact) mass is 518 g/mol. The number of rotatable bonds is 7. The van der Waals surface area contributed by atoms with Crippen molar-refractivity contribution in [1.82, 2.24) is 10.8 Å². The zero-order valence-corrected chi connectivity index (χ0v) is 20.5. The third-order valence-corrected chi connectivity index (χ3v) is 6.38. The molecule has 0 bridgehead atoms. The van der Waals surface area contributed by atoms with Crippen LogP contribution in [0, 0.1) is 6.92 Å². The number of benzene rings is 2. The molecule has 0 fully saturated rings. The molecule has 0 radical (unpaired) electrons. The molecule has 0 spiro atoms. The highest BCUT2D eigenvalue weighted by Crippen LogP contribution is 2.48. The predicted molar refractivity (Wildman–Crippen MR) is 127 cm³/mol. The minimum Gasteiger partial charge on any atom is -0.350 e. The molecule has 2 unspecified atom stereocenters. The van der Waals surface area contributed by atoms with E-state index in [-0.39, 0.29) is 33.3 Å². The van der Waals surface area contributed by atoms with Crippen molar-refractivity contribution in [2.45, 2.75) is 38.1 Å². The highest BCUT2D eigenvalue weighted by Gasteiger charge is 2.59. The standard InChI is InChI=1S/C23H23Cl2F3N2O2S/c1-13-8-15(4-5-19(13)21(31)29-14(2)6-7-33-3)20-12-22(32-30-20,23(26,27)28)16-9-17(24)11-18(25)10-16/h4-5,8-12,14,30H,6-7H2,1-3H3,(H,29,31). The Morgan fingerprint density at radius 1 is 1.21 bits per heavy atom. The first kappa shape index (κ1) is 25.7.